The molecule has 0 aliphatic rings. The molecule has 0 unspecified atom stereocenters. The predicted molar refractivity (Wildman–Crippen MR) is 82.9 cm³/mol. The first-order chi connectivity index (χ1) is 9.70. The van der Waals surface area contributed by atoms with Crippen molar-refractivity contribution in [3.05, 3.63) is 41.0 Å². The fourth-order valence-electron chi connectivity index (χ4n) is 1.68. The zero-order valence-corrected chi connectivity index (χ0v) is 12.2. The van der Waals surface area contributed by atoms with Crippen molar-refractivity contribution in [3.8, 4) is 0 Å². The van der Waals surface area contributed by atoms with Crippen LogP contribution in [0.3, 0.4) is 0 Å². The highest BCUT2D eigenvalue weighted by Crippen LogP contribution is 2.29. The van der Waals surface area contributed by atoms with Crippen LogP contribution in [0.2, 0.25) is 0 Å². The normalized spacial score (nSPS) is 10.2. The van der Waals surface area contributed by atoms with Crippen molar-refractivity contribution in [2.24, 2.45) is 0 Å². The topological polar surface area (TPSA) is 80.0 Å². The van der Waals surface area contributed by atoms with Crippen molar-refractivity contribution < 1.29 is 4.79 Å². The summed E-state index contributed by atoms with van der Waals surface area (Å²) >= 11 is 1.37. The van der Waals surface area contributed by atoms with Crippen LogP contribution in [-0.2, 0) is 6.54 Å². The summed E-state index contributed by atoms with van der Waals surface area (Å²) in [6, 6.07) is 5.68. The van der Waals surface area contributed by atoms with Gasteiger partial charge in [-0.05, 0) is 24.1 Å². The zero-order chi connectivity index (χ0) is 14.4. The average molecular weight is 290 g/mol. The van der Waals surface area contributed by atoms with Gasteiger partial charge < -0.3 is 16.4 Å². The number of anilines is 2. The van der Waals surface area contributed by atoms with Crippen molar-refractivity contribution in [1.29, 1.82) is 0 Å². The fraction of sp³-hybridized carbons (Fsp3) is 0.286. The van der Waals surface area contributed by atoms with E-state index in [1.807, 2.05) is 19.1 Å². The number of hydrogen-bond donors (Lipinski definition) is 3. The molecule has 0 spiro atoms. The number of thiophene rings is 1. The lowest BCUT2D eigenvalue weighted by atomic mass is 10.3. The number of nitrogens with one attached hydrogen (secondary N) is 2. The summed E-state index contributed by atoms with van der Waals surface area (Å²) in [4.78, 5) is 16.5. The van der Waals surface area contributed by atoms with E-state index in [9.17, 15) is 4.79 Å². The summed E-state index contributed by atoms with van der Waals surface area (Å²) in [6.07, 6.45) is 4.45. The molecule has 0 fully saturated rings. The molecule has 2 aromatic heterocycles. The van der Waals surface area contributed by atoms with Gasteiger partial charge in [0.05, 0.1) is 10.7 Å². The molecule has 6 heteroatoms. The first kappa shape index (κ1) is 14.3. The Kier molecular flexibility index (Phi) is 4.95. The molecule has 0 atom stereocenters. The van der Waals surface area contributed by atoms with Crippen LogP contribution in [0.25, 0.3) is 0 Å². The molecule has 4 N–H and O–H groups in total. The number of pyridine rings is 1. The standard InChI is InChI=1S/C14H18N4OS/c1-2-5-17-14(19)13-11(15)7-12(20-13)18-9-10-4-3-6-16-8-10/h3-4,6-8,18H,2,5,9,15H2,1H3,(H,17,19). The van der Waals surface area contributed by atoms with Crippen LogP contribution >= 0.6 is 11.3 Å². The number of nitrogen functional groups attached to an aromatic ring is 1. The van der Waals surface area contributed by atoms with Crippen molar-refractivity contribution in [3.63, 3.8) is 0 Å². The first-order valence-corrected chi connectivity index (χ1v) is 7.32. The first-order valence-electron chi connectivity index (χ1n) is 6.51. The van der Waals surface area contributed by atoms with Gasteiger partial charge in [-0.15, -0.1) is 11.3 Å². The molecule has 0 saturated heterocycles. The van der Waals surface area contributed by atoms with Gasteiger partial charge in [0.2, 0.25) is 0 Å². The van der Waals surface area contributed by atoms with Gasteiger partial charge in [0, 0.05) is 25.5 Å². The van der Waals surface area contributed by atoms with Gasteiger partial charge >= 0.3 is 0 Å². The summed E-state index contributed by atoms with van der Waals surface area (Å²) < 4.78 is 0. The highest BCUT2D eigenvalue weighted by Gasteiger charge is 2.13. The predicted octanol–water partition coefficient (Wildman–Crippen LogP) is 2.48. The van der Waals surface area contributed by atoms with Crippen LogP contribution < -0.4 is 16.4 Å². The second-order valence-corrected chi connectivity index (χ2v) is 5.42. The maximum absolute atomic E-state index is 11.9. The quantitative estimate of drug-likeness (QED) is 0.763. The molecule has 2 aromatic rings. The van der Waals surface area contributed by atoms with E-state index in [0.29, 0.717) is 23.7 Å². The molecule has 1 amide bonds. The van der Waals surface area contributed by atoms with Gasteiger partial charge in [0.1, 0.15) is 4.88 Å². The molecule has 0 aliphatic carbocycles. The minimum absolute atomic E-state index is 0.108. The maximum atomic E-state index is 11.9. The van der Waals surface area contributed by atoms with Gasteiger partial charge in [-0.25, -0.2) is 0 Å². The van der Waals surface area contributed by atoms with Gasteiger partial charge in [0.15, 0.2) is 0 Å². The van der Waals surface area contributed by atoms with Crippen LogP contribution in [0, 0.1) is 0 Å². The van der Waals surface area contributed by atoms with Crippen LogP contribution in [0.1, 0.15) is 28.6 Å². The lowest BCUT2D eigenvalue weighted by Gasteiger charge is -2.02. The molecule has 2 rings (SSSR count). The highest BCUT2D eigenvalue weighted by atomic mass is 32.1. The monoisotopic (exact) mass is 290 g/mol. The Morgan fingerprint density at radius 3 is 3.05 bits per heavy atom. The molecular formula is C14H18N4OS. The van der Waals surface area contributed by atoms with Crippen molar-refractivity contribution in [2.75, 3.05) is 17.6 Å². The summed E-state index contributed by atoms with van der Waals surface area (Å²) in [7, 11) is 0. The molecule has 0 aliphatic heterocycles. The minimum atomic E-state index is -0.108. The number of hydrogen-bond acceptors (Lipinski definition) is 5. The molecule has 20 heavy (non-hydrogen) atoms. The third-order valence-electron chi connectivity index (χ3n) is 2.69. The van der Waals surface area contributed by atoms with Gasteiger partial charge in [-0.2, -0.15) is 0 Å². The van der Waals surface area contributed by atoms with Crippen molar-refractivity contribution in [2.45, 2.75) is 19.9 Å². The van der Waals surface area contributed by atoms with Crippen LogP contribution in [-0.4, -0.2) is 17.4 Å². The smallest absolute Gasteiger partial charge is 0.263 e. The van der Waals surface area contributed by atoms with Crippen molar-refractivity contribution >= 4 is 27.9 Å². The third-order valence-corrected chi connectivity index (χ3v) is 3.80. The second kappa shape index (κ2) is 6.91. The summed E-state index contributed by atoms with van der Waals surface area (Å²) in [5.41, 5.74) is 7.47. The molecule has 0 radical (unpaired) electrons. The number of nitrogens with two attached hydrogens (primary N) is 1. The number of aromatic nitrogens is 1. The highest BCUT2D eigenvalue weighted by molar-refractivity contribution is 7.18. The van der Waals surface area contributed by atoms with E-state index in [1.54, 1.807) is 18.5 Å². The van der Waals surface area contributed by atoms with Gasteiger partial charge in [-0.3, -0.25) is 9.78 Å². The van der Waals surface area contributed by atoms with E-state index >= 15 is 0 Å². The Hall–Kier alpha value is -2.08. The SMILES string of the molecule is CCCNC(=O)c1sc(NCc2cccnc2)cc1N. The molecule has 5 nitrogen and oxygen atoms in total. The lowest BCUT2D eigenvalue weighted by Crippen LogP contribution is -2.23. The second-order valence-electron chi connectivity index (χ2n) is 4.37. The van der Waals surface area contributed by atoms with Gasteiger partial charge in [-0.1, -0.05) is 13.0 Å². The Morgan fingerprint density at radius 1 is 1.50 bits per heavy atom. The molecule has 0 aromatic carbocycles. The lowest BCUT2D eigenvalue weighted by molar-refractivity contribution is 0.0958. The van der Waals surface area contributed by atoms with Crippen LogP contribution in [0.5, 0.6) is 0 Å². The van der Waals surface area contributed by atoms with E-state index in [2.05, 4.69) is 15.6 Å². The Bertz CT molecular complexity index is 568. The van der Waals surface area contributed by atoms with E-state index in [4.69, 9.17) is 5.73 Å². The van der Waals surface area contributed by atoms with Crippen LogP contribution in [0.4, 0.5) is 10.7 Å². The average Bonchev–Trinajstić information content (AvgIpc) is 2.85. The largest absolute Gasteiger partial charge is 0.397 e. The number of rotatable bonds is 6. The minimum Gasteiger partial charge on any atom is -0.397 e. The number of carbonyl (C=O) groups excluding carboxylic acids is 1. The third kappa shape index (κ3) is 3.71. The molecular weight excluding hydrogens is 272 g/mol. The van der Waals surface area contributed by atoms with Crippen molar-refractivity contribution in [1.82, 2.24) is 10.3 Å². The summed E-state index contributed by atoms with van der Waals surface area (Å²) in [5, 5.41) is 6.96. The number of nitrogens with zero attached hydrogens (tertiary/aromatic N) is 1. The molecule has 106 valence electrons. The molecule has 0 saturated carbocycles. The fourth-order valence-corrected chi connectivity index (χ4v) is 2.57. The summed E-state index contributed by atoms with van der Waals surface area (Å²) in [5.74, 6) is -0.108. The number of carbonyl (C=O) groups is 1. The Balaban J connectivity index is 1.98. The van der Waals surface area contributed by atoms with Gasteiger partial charge in [0.25, 0.3) is 5.91 Å². The van der Waals surface area contributed by atoms with E-state index < -0.39 is 0 Å². The van der Waals surface area contributed by atoms with E-state index in [0.717, 1.165) is 17.0 Å². The van der Waals surface area contributed by atoms with Crippen LogP contribution in [0.15, 0.2) is 30.6 Å². The Labute approximate surface area is 122 Å². The maximum Gasteiger partial charge on any atom is 0.263 e. The molecule has 0 bridgehead atoms. The summed E-state index contributed by atoms with van der Waals surface area (Å²) in [6.45, 7) is 3.33. The zero-order valence-electron chi connectivity index (χ0n) is 11.3. The van der Waals surface area contributed by atoms with E-state index in [1.165, 1.54) is 11.3 Å². The van der Waals surface area contributed by atoms with E-state index in [-0.39, 0.29) is 5.91 Å². The number of amides is 1. The molecule has 2 heterocycles. The Morgan fingerprint density at radius 2 is 2.35 bits per heavy atom.